The van der Waals surface area contributed by atoms with E-state index >= 15 is 0 Å². The van der Waals surface area contributed by atoms with Crippen LogP contribution < -0.4 is 5.73 Å². The van der Waals surface area contributed by atoms with Gasteiger partial charge < -0.3 is 10.5 Å². The third kappa shape index (κ3) is 2.17. The number of carbonyl (C=O) groups excluding carboxylic acids is 1. The summed E-state index contributed by atoms with van der Waals surface area (Å²) in [6.07, 6.45) is 7.90. The summed E-state index contributed by atoms with van der Waals surface area (Å²) >= 11 is 0. The predicted octanol–water partition coefficient (Wildman–Crippen LogP) is 2.20. The molecule has 1 aromatic rings. The number of anilines is 1. The molecule has 17 heavy (non-hydrogen) atoms. The topological polar surface area (TPSA) is 65.2 Å². The Bertz CT molecular complexity index is 412. The first-order valence-electron chi connectivity index (χ1n) is 5.99. The second-order valence-electron chi connectivity index (χ2n) is 4.55. The fourth-order valence-corrected chi connectivity index (χ4v) is 2.49. The Labute approximate surface area is 101 Å². The molecular formula is C13H18N2O2. The normalized spacial score (nSPS) is 18.9. The Morgan fingerprint density at radius 2 is 2.12 bits per heavy atom. The molecule has 0 aliphatic heterocycles. The van der Waals surface area contributed by atoms with E-state index in [0.29, 0.717) is 11.3 Å². The van der Waals surface area contributed by atoms with Crippen molar-refractivity contribution in [3.05, 3.63) is 24.0 Å². The molecule has 0 aromatic carbocycles. The number of methoxy groups -OCH3 is 1. The van der Waals surface area contributed by atoms with Crippen molar-refractivity contribution in [1.82, 2.24) is 4.98 Å². The fraction of sp³-hybridized carbons (Fsp3) is 0.538. The van der Waals surface area contributed by atoms with Gasteiger partial charge >= 0.3 is 0 Å². The number of nitrogens with two attached hydrogens (primary N) is 1. The van der Waals surface area contributed by atoms with E-state index in [1.54, 1.807) is 19.4 Å². The third-order valence-corrected chi connectivity index (χ3v) is 3.57. The summed E-state index contributed by atoms with van der Waals surface area (Å²) < 4.78 is 5.52. The summed E-state index contributed by atoms with van der Waals surface area (Å²) in [5.41, 5.74) is 6.10. The predicted molar refractivity (Wildman–Crippen MR) is 65.8 cm³/mol. The minimum Gasteiger partial charge on any atom is -0.398 e. The number of aromatic nitrogens is 1. The van der Waals surface area contributed by atoms with Crippen molar-refractivity contribution < 1.29 is 9.53 Å². The van der Waals surface area contributed by atoms with Crippen molar-refractivity contribution in [3.8, 4) is 0 Å². The summed E-state index contributed by atoms with van der Waals surface area (Å²) in [5.74, 6) is -0.0229. The maximum atomic E-state index is 12.5. The van der Waals surface area contributed by atoms with Crippen LogP contribution in [-0.2, 0) is 4.74 Å². The van der Waals surface area contributed by atoms with Gasteiger partial charge in [0.25, 0.3) is 0 Å². The average Bonchev–Trinajstić information content (AvgIpc) is 2.39. The molecule has 1 aliphatic rings. The molecule has 0 bridgehead atoms. The van der Waals surface area contributed by atoms with Gasteiger partial charge in [-0.2, -0.15) is 0 Å². The Balaban J connectivity index is 2.32. The summed E-state index contributed by atoms with van der Waals surface area (Å²) in [4.78, 5) is 16.5. The quantitative estimate of drug-likeness (QED) is 0.814. The van der Waals surface area contributed by atoms with E-state index in [2.05, 4.69) is 4.98 Å². The largest absolute Gasteiger partial charge is 0.398 e. The molecule has 1 heterocycles. The van der Waals surface area contributed by atoms with Gasteiger partial charge in [-0.3, -0.25) is 9.78 Å². The van der Waals surface area contributed by atoms with Crippen LogP contribution in [-0.4, -0.2) is 23.5 Å². The van der Waals surface area contributed by atoms with Crippen molar-refractivity contribution in [2.45, 2.75) is 37.7 Å². The summed E-state index contributed by atoms with van der Waals surface area (Å²) in [5, 5.41) is 0. The minimum atomic E-state index is -0.685. The highest BCUT2D eigenvalue weighted by Gasteiger charge is 2.40. The van der Waals surface area contributed by atoms with Crippen LogP contribution >= 0.6 is 0 Å². The standard InChI is InChI=1S/C13H18N2O2/c1-17-13(6-3-2-4-7-13)12(16)10-9-15-8-5-11(10)14/h5,8-9H,2-4,6-7H2,1H3,(H2,14,15). The third-order valence-electron chi connectivity index (χ3n) is 3.57. The number of hydrogen-bond acceptors (Lipinski definition) is 4. The molecule has 4 nitrogen and oxygen atoms in total. The van der Waals surface area contributed by atoms with E-state index in [4.69, 9.17) is 10.5 Å². The van der Waals surface area contributed by atoms with Crippen LogP contribution in [0.3, 0.4) is 0 Å². The van der Waals surface area contributed by atoms with Gasteiger partial charge in [-0.15, -0.1) is 0 Å². The van der Waals surface area contributed by atoms with Gasteiger partial charge in [0.2, 0.25) is 0 Å². The molecule has 2 N–H and O–H groups in total. The lowest BCUT2D eigenvalue weighted by molar-refractivity contribution is -0.0193. The molecule has 2 rings (SSSR count). The summed E-state index contributed by atoms with van der Waals surface area (Å²) in [7, 11) is 1.61. The second kappa shape index (κ2) is 4.84. The Morgan fingerprint density at radius 3 is 2.71 bits per heavy atom. The molecule has 1 aliphatic carbocycles. The molecule has 1 fully saturated rings. The number of pyridine rings is 1. The zero-order valence-corrected chi connectivity index (χ0v) is 10.1. The highest BCUT2D eigenvalue weighted by molar-refractivity contribution is 6.06. The lowest BCUT2D eigenvalue weighted by atomic mass is 9.79. The fourth-order valence-electron chi connectivity index (χ4n) is 2.49. The highest BCUT2D eigenvalue weighted by atomic mass is 16.5. The Kier molecular flexibility index (Phi) is 3.43. The number of ether oxygens (including phenoxy) is 1. The summed E-state index contributed by atoms with van der Waals surface area (Å²) in [6, 6.07) is 1.65. The lowest BCUT2D eigenvalue weighted by Crippen LogP contribution is -2.42. The molecule has 0 amide bonds. The minimum absolute atomic E-state index is 0.0229. The molecular weight excluding hydrogens is 216 g/mol. The first-order chi connectivity index (χ1) is 8.19. The van der Waals surface area contributed by atoms with E-state index in [1.807, 2.05) is 0 Å². The smallest absolute Gasteiger partial charge is 0.198 e. The van der Waals surface area contributed by atoms with Crippen molar-refractivity contribution in [2.24, 2.45) is 0 Å². The van der Waals surface area contributed by atoms with Crippen LogP contribution in [0.1, 0.15) is 42.5 Å². The highest BCUT2D eigenvalue weighted by Crippen LogP contribution is 2.34. The molecule has 4 heteroatoms. The van der Waals surface area contributed by atoms with Gasteiger partial charge in [0.1, 0.15) is 5.60 Å². The van der Waals surface area contributed by atoms with Gasteiger partial charge in [-0.05, 0) is 18.9 Å². The number of hydrogen-bond donors (Lipinski definition) is 1. The van der Waals surface area contributed by atoms with E-state index in [0.717, 1.165) is 25.7 Å². The van der Waals surface area contributed by atoms with Crippen molar-refractivity contribution in [1.29, 1.82) is 0 Å². The molecule has 1 saturated carbocycles. The number of carbonyl (C=O) groups is 1. The van der Waals surface area contributed by atoms with Crippen molar-refractivity contribution >= 4 is 11.5 Å². The van der Waals surface area contributed by atoms with Crippen LogP contribution in [0.4, 0.5) is 5.69 Å². The zero-order valence-electron chi connectivity index (χ0n) is 10.1. The van der Waals surface area contributed by atoms with E-state index in [9.17, 15) is 4.79 Å². The van der Waals surface area contributed by atoms with Gasteiger partial charge in [-0.1, -0.05) is 19.3 Å². The lowest BCUT2D eigenvalue weighted by Gasteiger charge is -2.34. The van der Waals surface area contributed by atoms with Crippen LogP contribution in [0, 0.1) is 0 Å². The number of nitrogens with zero attached hydrogens (tertiary/aromatic N) is 1. The van der Waals surface area contributed by atoms with Crippen LogP contribution in [0.15, 0.2) is 18.5 Å². The zero-order chi connectivity index (χ0) is 12.3. The molecule has 0 atom stereocenters. The Morgan fingerprint density at radius 1 is 1.41 bits per heavy atom. The molecule has 0 unspecified atom stereocenters. The molecule has 1 aromatic heterocycles. The van der Waals surface area contributed by atoms with Gasteiger partial charge in [-0.25, -0.2) is 0 Å². The molecule has 0 saturated heterocycles. The number of nitrogen functional groups attached to an aromatic ring is 1. The first-order valence-corrected chi connectivity index (χ1v) is 5.99. The first kappa shape index (κ1) is 12.0. The maximum absolute atomic E-state index is 12.5. The van der Waals surface area contributed by atoms with E-state index in [-0.39, 0.29) is 5.78 Å². The van der Waals surface area contributed by atoms with Crippen molar-refractivity contribution in [2.75, 3.05) is 12.8 Å². The molecule has 0 radical (unpaired) electrons. The number of rotatable bonds is 3. The molecule has 92 valence electrons. The Hall–Kier alpha value is -1.42. The van der Waals surface area contributed by atoms with Crippen LogP contribution in [0.25, 0.3) is 0 Å². The van der Waals surface area contributed by atoms with Crippen molar-refractivity contribution in [3.63, 3.8) is 0 Å². The second-order valence-corrected chi connectivity index (χ2v) is 4.55. The number of Topliss-reactive ketones (excluding diaryl/α,β-unsaturated/α-hetero) is 1. The maximum Gasteiger partial charge on any atom is 0.198 e. The monoisotopic (exact) mass is 234 g/mol. The van der Waals surface area contributed by atoms with Gasteiger partial charge in [0.15, 0.2) is 5.78 Å². The molecule has 0 spiro atoms. The van der Waals surface area contributed by atoms with Gasteiger partial charge in [0, 0.05) is 25.2 Å². The van der Waals surface area contributed by atoms with E-state index < -0.39 is 5.60 Å². The van der Waals surface area contributed by atoms with E-state index in [1.165, 1.54) is 12.6 Å². The SMILES string of the molecule is COC1(C(=O)c2cnccc2N)CCCCC1. The van der Waals surface area contributed by atoms with Crippen LogP contribution in [0.2, 0.25) is 0 Å². The number of ketones is 1. The summed E-state index contributed by atoms with van der Waals surface area (Å²) in [6.45, 7) is 0. The van der Waals surface area contributed by atoms with Gasteiger partial charge in [0.05, 0.1) is 5.56 Å². The van der Waals surface area contributed by atoms with Crippen LogP contribution in [0.5, 0.6) is 0 Å². The average molecular weight is 234 g/mol.